The minimum atomic E-state index is 0.288. The molecule has 4 rings (SSSR count). The second-order valence-corrected chi connectivity index (χ2v) is 5.88. The highest BCUT2D eigenvalue weighted by atomic mass is 16.3. The van der Waals surface area contributed by atoms with Gasteiger partial charge in [0.1, 0.15) is 17.1 Å². The van der Waals surface area contributed by atoms with Gasteiger partial charge in [0.2, 0.25) is 5.69 Å². The first kappa shape index (κ1) is 13.0. The van der Waals surface area contributed by atoms with Crippen molar-refractivity contribution >= 4 is 16.7 Å². The molecule has 1 aliphatic rings. The van der Waals surface area contributed by atoms with Gasteiger partial charge in [0.15, 0.2) is 0 Å². The Labute approximate surface area is 128 Å². The highest BCUT2D eigenvalue weighted by Crippen LogP contribution is 2.43. The third kappa shape index (κ3) is 1.81. The molecule has 3 heteroatoms. The lowest BCUT2D eigenvalue weighted by atomic mass is 10.0. The maximum Gasteiger partial charge on any atom is 0.229 e. The topological polar surface area (TPSA) is 37.7 Å². The van der Waals surface area contributed by atoms with E-state index in [2.05, 4.69) is 10.9 Å². The molecule has 0 spiro atoms. The van der Waals surface area contributed by atoms with Crippen LogP contribution >= 0.6 is 0 Å². The molecule has 3 nitrogen and oxygen atoms in total. The number of rotatable bonds is 0. The zero-order valence-corrected chi connectivity index (χ0v) is 12.3. The SMILES string of the molecule is [C-]#[N+]c1cc(C)cc2c3c(oc12)-c1ccc(O)cc1CCC3. The van der Waals surface area contributed by atoms with Crippen molar-refractivity contribution in [2.45, 2.75) is 26.2 Å². The summed E-state index contributed by atoms with van der Waals surface area (Å²) in [7, 11) is 0. The summed E-state index contributed by atoms with van der Waals surface area (Å²) in [6.45, 7) is 9.39. The van der Waals surface area contributed by atoms with Gasteiger partial charge in [-0.15, -0.1) is 0 Å². The number of nitrogens with zero attached hydrogens (tertiary/aromatic N) is 1. The van der Waals surface area contributed by atoms with E-state index < -0.39 is 0 Å². The minimum Gasteiger partial charge on any atom is -0.508 e. The smallest absolute Gasteiger partial charge is 0.229 e. The van der Waals surface area contributed by atoms with E-state index in [1.807, 2.05) is 25.1 Å². The van der Waals surface area contributed by atoms with Crippen molar-refractivity contribution in [1.29, 1.82) is 0 Å². The van der Waals surface area contributed by atoms with Gasteiger partial charge < -0.3 is 9.52 Å². The Morgan fingerprint density at radius 2 is 2.05 bits per heavy atom. The minimum absolute atomic E-state index is 0.288. The average Bonchev–Trinajstić information content (AvgIpc) is 2.75. The summed E-state index contributed by atoms with van der Waals surface area (Å²) in [6, 6.07) is 9.41. The predicted molar refractivity (Wildman–Crippen MR) is 86.3 cm³/mol. The molecule has 3 aromatic rings. The van der Waals surface area contributed by atoms with E-state index in [0.717, 1.165) is 47.1 Å². The highest BCUT2D eigenvalue weighted by Gasteiger charge is 2.23. The van der Waals surface area contributed by atoms with Crippen LogP contribution in [0.15, 0.2) is 34.7 Å². The Balaban J connectivity index is 2.09. The number of benzene rings is 2. The van der Waals surface area contributed by atoms with Crippen LogP contribution < -0.4 is 0 Å². The third-order valence-electron chi connectivity index (χ3n) is 4.34. The van der Waals surface area contributed by atoms with Crippen LogP contribution in [0.3, 0.4) is 0 Å². The molecule has 1 heterocycles. The van der Waals surface area contributed by atoms with Crippen LogP contribution in [0.2, 0.25) is 0 Å². The van der Waals surface area contributed by atoms with Crippen molar-refractivity contribution in [3.63, 3.8) is 0 Å². The number of phenolic OH excluding ortho intramolecular Hbond substituents is 1. The molecule has 22 heavy (non-hydrogen) atoms. The molecule has 1 N–H and O–H groups in total. The standard InChI is InChI=1S/C19H15NO2/c1-11-8-16-15-5-3-4-12-10-13(21)6-7-14(12)18(15)22-19(16)17(9-11)20-2/h6-10,21H,3-5H2,1H3. The van der Waals surface area contributed by atoms with Crippen molar-refractivity contribution < 1.29 is 9.52 Å². The van der Waals surface area contributed by atoms with E-state index in [-0.39, 0.29) is 5.75 Å². The van der Waals surface area contributed by atoms with Gasteiger partial charge in [-0.1, -0.05) is 11.6 Å². The number of aromatic hydroxyl groups is 1. The molecule has 1 aromatic heterocycles. The quantitative estimate of drug-likeness (QED) is 0.581. The Hall–Kier alpha value is -2.73. The molecular formula is C19H15NO2. The van der Waals surface area contributed by atoms with Crippen LogP contribution in [0.1, 0.15) is 23.1 Å². The molecule has 0 bridgehead atoms. The van der Waals surface area contributed by atoms with Crippen molar-refractivity contribution in [3.05, 3.63) is 58.4 Å². The molecule has 0 fully saturated rings. The fraction of sp³-hybridized carbons (Fsp3) is 0.211. The molecule has 2 aromatic carbocycles. The summed E-state index contributed by atoms with van der Waals surface area (Å²) in [4.78, 5) is 3.61. The van der Waals surface area contributed by atoms with Crippen molar-refractivity contribution in [1.82, 2.24) is 0 Å². The van der Waals surface area contributed by atoms with Gasteiger partial charge in [0, 0.05) is 16.5 Å². The van der Waals surface area contributed by atoms with Crippen molar-refractivity contribution in [2.75, 3.05) is 0 Å². The zero-order chi connectivity index (χ0) is 15.3. The second-order valence-electron chi connectivity index (χ2n) is 5.88. The number of aryl methyl sites for hydroxylation is 3. The predicted octanol–water partition coefficient (Wildman–Crippen LogP) is 5.15. The van der Waals surface area contributed by atoms with Gasteiger partial charge in [0.05, 0.1) is 6.57 Å². The van der Waals surface area contributed by atoms with Gasteiger partial charge in [-0.3, -0.25) is 0 Å². The van der Waals surface area contributed by atoms with Crippen molar-refractivity contribution in [3.8, 4) is 17.1 Å². The first-order chi connectivity index (χ1) is 10.7. The molecule has 0 atom stereocenters. The number of phenols is 1. The Kier molecular flexibility index (Phi) is 2.74. The van der Waals surface area contributed by atoms with Gasteiger partial charge >= 0.3 is 0 Å². The summed E-state index contributed by atoms with van der Waals surface area (Å²) >= 11 is 0. The van der Waals surface area contributed by atoms with E-state index in [9.17, 15) is 5.11 Å². The van der Waals surface area contributed by atoms with E-state index in [0.29, 0.717) is 11.3 Å². The molecule has 0 radical (unpaired) electrons. The molecule has 1 aliphatic carbocycles. The van der Waals surface area contributed by atoms with Crippen LogP contribution in [0.4, 0.5) is 5.69 Å². The van der Waals surface area contributed by atoms with Crippen LogP contribution in [0, 0.1) is 13.5 Å². The number of hydrogen-bond acceptors (Lipinski definition) is 2. The third-order valence-corrected chi connectivity index (χ3v) is 4.34. The fourth-order valence-corrected chi connectivity index (χ4v) is 3.38. The largest absolute Gasteiger partial charge is 0.508 e. The zero-order valence-electron chi connectivity index (χ0n) is 12.3. The van der Waals surface area contributed by atoms with E-state index in [1.54, 1.807) is 6.07 Å². The molecule has 0 amide bonds. The summed E-state index contributed by atoms with van der Waals surface area (Å²) in [6.07, 6.45) is 2.87. The van der Waals surface area contributed by atoms with E-state index >= 15 is 0 Å². The van der Waals surface area contributed by atoms with Crippen LogP contribution in [0.5, 0.6) is 5.75 Å². The maximum atomic E-state index is 9.72. The summed E-state index contributed by atoms with van der Waals surface area (Å²) < 4.78 is 6.12. The van der Waals surface area contributed by atoms with E-state index in [1.165, 1.54) is 5.56 Å². The molecular weight excluding hydrogens is 274 g/mol. The lowest BCUT2D eigenvalue weighted by molar-refractivity contribution is 0.474. The average molecular weight is 289 g/mol. The number of hydrogen-bond donors (Lipinski definition) is 1. The molecule has 0 saturated heterocycles. The molecule has 0 unspecified atom stereocenters. The van der Waals surface area contributed by atoms with Gasteiger partial charge in [-0.2, -0.15) is 0 Å². The van der Waals surface area contributed by atoms with Crippen LogP contribution in [-0.2, 0) is 12.8 Å². The number of fused-ring (bicyclic) bond motifs is 5. The summed E-state index contributed by atoms with van der Waals surface area (Å²) in [5.41, 5.74) is 5.68. The lowest BCUT2D eigenvalue weighted by Crippen LogP contribution is -1.86. The van der Waals surface area contributed by atoms with Crippen LogP contribution in [-0.4, -0.2) is 5.11 Å². The van der Waals surface area contributed by atoms with Gasteiger partial charge in [-0.25, -0.2) is 4.85 Å². The Morgan fingerprint density at radius 3 is 2.86 bits per heavy atom. The van der Waals surface area contributed by atoms with Crippen molar-refractivity contribution in [2.24, 2.45) is 0 Å². The van der Waals surface area contributed by atoms with Gasteiger partial charge in [0.25, 0.3) is 0 Å². The maximum absolute atomic E-state index is 9.72. The highest BCUT2D eigenvalue weighted by molar-refractivity contribution is 5.97. The fourth-order valence-electron chi connectivity index (χ4n) is 3.38. The first-order valence-corrected chi connectivity index (χ1v) is 7.43. The lowest BCUT2D eigenvalue weighted by Gasteiger charge is -2.05. The summed E-state index contributed by atoms with van der Waals surface area (Å²) in [5.74, 6) is 1.15. The normalized spacial score (nSPS) is 13.3. The molecule has 0 aliphatic heterocycles. The Bertz CT molecular complexity index is 944. The molecule has 108 valence electrons. The summed E-state index contributed by atoms with van der Waals surface area (Å²) in [5, 5.41) is 10.8. The van der Waals surface area contributed by atoms with Crippen LogP contribution in [0.25, 0.3) is 27.1 Å². The first-order valence-electron chi connectivity index (χ1n) is 7.43. The van der Waals surface area contributed by atoms with E-state index in [4.69, 9.17) is 11.0 Å². The molecule has 0 saturated carbocycles. The Morgan fingerprint density at radius 1 is 1.18 bits per heavy atom. The number of furan rings is 1. The monoisotopic (exact) mass is 289 g/mol. The van der Waals surface area contributed by atoms with Gasteiger partial charge in [-0.05, 0) is 56.0 Å². The second kappa shape index (κ2) is 4.64.